The minimum absolute atomic E-state index is 0.292. The smallest absolute Gasteiger partial charge is 0.328 e. The number of nitrogens with zero attached hydrogens (tertiary/aromatic N) is 1. The largest absolute Gasteiger partial charge is 0.467 e. The molecule has 1 atom stereocenters. The Morgan fingerprint density at radius 1 is 1.09 bits per heavy atom. The molecule has 8 heteroatoms. The lowest BCUT2D eigenvalue weighted by Crippen LogP contribution is -2.43. The summed E-state index contributed by atoms with van der Waals surface area (Å²) in [5, 5.41) is 3.74. The number of benzene rings is 2. The van der Waals surface area contributed by atoms with Gasteiger partial charge in [0.25, 0.3) is 5.91 Å². The predicted molar refractivity (Wildman–Crippen MR) is 124 cm³/mol. The Balaban J connectivity index is 1.45. The molecule has 4 rings (SSSR count). The van der Waals surface area contributed by atoms with Gasteiger partial charge in [0.1, 0.15) is 11.8 Å². The summed E-state index contributed by atoms with van der Waals surface area (Å²) < 4.78 is 11.5. The highest BCUT2D eigenvalue weighted by atomic mass is 79.9. The van der Waals surface area contributed by atoms with E-state index in [1.165, 1.54) is 13.3 Å². The fourth-order valence-corrected chi connectivity index (χ4v) is 3.56. The number of H-pyrrole nitrogens is 1. The SMILES string of the molecule is COC(=O)[C@@H](Cc1c[nH]c2ccccc12)NC(=O)c1ccc(Oc2ccc(Br)cc2)nc1. The Morgan fingerprint density at radius 2 is 1.88 bits per heavy atom. The van der Waals surface area contributed by atoms with Crippen molar-refractivity contribution in [1.82, 2.24) is 15.3 Å². The summed E-state index contributed by atoms with van der Waals surface area (Å²) in [6, 6.07) is 17.4. The number of methoxy groups -OCH3 is 1. The number of carbonyl (C=O) groups is 2. The van der Waals surface area contributed by atoms with Gasteiger partial charge >= 0.3 is 5.97 Å². The van der Waals surface area contributed by atoms with Crippen molar-refractivity contribution in [2.75, 3.05) is 7.11 Å². The van der Waals surface area contributed by atoms with Crippen molar-refractivity contribution in [2.24, 2.45) is 0 Å². The highest BCUT2D eigenvalue weighted by Crippen LogP contribution is 2.22. The van der Waals surface area contributed by atoms with Crippen LogP contribution in [0.4, 0.5) is 0 Å². The Kier molecular flexibility index (Phi) is 6.51. The summed E-state index contributed by atoms with van der Waals surface area (Å²) in [7, 11) is 1.30. The zero-order valence-electron chi connectivity index (χ0n) is 17.2. The minimum atomic E-state index is -0.842. The molecular formula is C24H20BrN3O4. The number of esters is 1. The number of nitrogens with one attached hydrogen (secondary N) is 2. The van der Waals surface area contributed by atoms with Crippen LogP contribution in [0.5, 0.6) is 11.6 Å². The van der Waals surface area contributed by atoms with E-state index in [9.17, 15) is 9.59 Å². The maximum Gasteiger partial charge on any atom is 0.328 e. The van der Waals surface area contributed by atoms with Gasteiger partial charge in [-0.3, -0.25) is 4.79 Å². The average Bonchev–Trinajstić information content (AvgIpc) is 3.23. The van der Waals surface area contributed by atoms with Crippen molar-refractivity contribution < 1.29 is 19.1 Å². The number of para-hydroxylation sites is 1. The van der Waals surface area contributed by atoms with Crippen LogP contribution in [0, 0.1) is 0 Å². The van der Waals surface area contributed by atoms with E-state index in [1.807, 2.05) is 42.6 Å². The molecule has 0 aliphatic carbocycles. The van der Waals surface area contributed by atoms with Crippen molar-refractivity contribution in [3.05, 3.63) is 88.7 Å². The fourth-order valence-electron chi connectivity index (χ4n) is 3.30. The van der Waals surface area contributed by atoms with Crippen LogP contribution in [0.3, 0.4) is 0 Å². The number of pyridine rings is 1. The number of amides is 1. The lowest BCUT2D eigenvalue weighted by Gasteiger charge is -2.16. The quantitative estimate of drug-likeness (QED) is 0.366. The maximum absolute atomic E-state index is 12.8. The molecule has 0 spiro atoms. The van der Waals surface area contributed by atoms with Gasteiger partial charge in [0.05, 0.1) is 12.7 Å². The summed E-state index contributed by atoms with van der Waals surface area (Å²) in [5.74, 6) is 0.0317. The third-order valence-electron chi connectivity index (χ3n) is 4.92. The molecule has 2 aromatic heterocycles. The van der Waals surface area contributed by atoms with Gasteiger partial charge in [0, 0.05) is 40.3 Å². The zero-order chi connectivity index (χ0) is 22.5. The van der Waals surface area contributed by atoms with E-state index in [0.29, 0.717) is 23.6 Å². The molecule has 0 radical (unpaired) electrons. The number of ether oxygens (including phenoxy) is 2. The monoisotopic (exact) mass is 493 g/mol. The molecule has 0 saturated carbocycles. The second-order valence-corrected chi connectivity index (χ2v) is 7.97. The Hall–Kier alpha value is -3.65. The van der Waals surface area contributed by atoms with E-state index in [-0.39, 0.29) is 0 Å². The first-order chi connectivity index (χ1) is 15.5. The van der Waals surface area contributed by atoms with Gasteiger partial charge in [-0.1, -0.05) is 34.1 Å². The highest BCUT2D eigenvalue weighted by Gasteiger charge is 2.24. The van der Waals surface area contributed by atoms with Crippen molar-refractivity contribution in [3.63, 3.8) is 0 Å². The number of fused-ring (bicyclic) bond motifs is 1. The molecule has 7 nitrogen and oxygen atoms in total. The molecule has 0 fully saturated rings. The lowest BCUT2D eigenvalue weighted by molar-refractivity contribution is -0.142. The predicted octanol–water partition coefficient (Wildman–Crippen LogP) is 4.63. The Bertz CT molecular complexity index is 1240. The van der Waals surface area contributed by atoms with E-state index in [1.54, 1.807) is 24.3 Å². The number of halogens is 1. The van der Waals surface area contributed by atoms with Gasteiger partial charge in [0.2, 0.25) is 5.88 Å². The summed E-state index contributed by atoms with van der Waals surface area (Å²) >= 11 is 3.37. The van der Waals surface area contributed by atoms with E-state index in [0.717, 1.165) is 20.9 Å². The van der Waals surface area contributed by atoms with Crippen LogP contribution in [0.1, 0.15) is 15.9 Å². The summed E-state index contributed by atoms with van der Waals surface area (Å²) in [6.07, 6.45) is 3.53. The number of hydrogen-bond acceptors (Lipinski definition) is 5. The Labute approximate surface area is 192 Å². The van der Waals surface area contributed by atoms with Crippen molar-refractivity contribution >= 4 is 38.7 Å². The first kappa shape index (κ1) is 21.6. The van der Waals surface area contributed by atoms with Crippen molar-refractivity contribution in [2.45, 2.75) is 12.5 Å². The number of aromatic nitrogens is 2. The van der Waals surface area contributed by atoms with Gasteiger partial charge in [-0.05, 0) is 42.0 Å². The molecule has 0 bridgehead atoms. The summed E-state index contributed by atoms with van der Waals surface area (Å²) in [5.41, 5.74) is 2.18. The zero-order valence-corrected chi connectivity index (χ0v) is 18.8. The average molecular weight is 494 g/mol. The first-order valence-electron chi connectivity index (χ1n) is 9.86. The van der Waals surface area contributed by atoms with Crippen LogP contribution >= 0.6 is 15.9 Å². The van der Waals surface area contributed by atoms with E-state index in [4.69, 9.17) is 9.47 Å². The third kappa shape index (κ3) is 4.97. The van der Waals surface area contributed by atoms with Crippen molar-refractivity contribution in [3.8, 4) is 11.6 Å². The van der Waals surface area contributed by atoms with Crippen LogP contribution < -0.4 is 10.1 Å². The number of carbonyl (C=O) groups excluding carboxylic acids is 2. The third-order valence-corrected chi connectivity index (χ3v) is 5.45. The van der Waals surface area contributed by atoms with Gasteiger partial charge in [-0.15, -0.1) is 0 Å². The Morgan fingerprint density at radius 3 is 2.59 bits per heavy atom. The molecule has 0 unspecified atom stereocenters. The van der Waals surface area contributed by atoms with Crippen molar-refractivity contribution in [1.29, 1.82) is 0 Å². The molecule has 162 valence electrons. The van der Waals surface area contributed by atoms with E-state index >= 15 is 0 Å². The molecule has 0 aliphatic heterocycles. The first-order valence-corrected chi connectivity index (χ1v) is 10.7. The van der Waals surface area contributed by atoms with Gasteiger partial charge < -0.3 is 19.8 Å². The highest BCUT2D eigenvalue weighted by molar-refractivity contribution is 9.10. The minimum Gasteiger partial charge on any atom is -0.467 e. The molecular weight excluding hydrogens is 474 g/mol. The van der Waals surface area contributed by atoms with Crippen LogP contribution in [0.2, 0.25) is 0 Å². The number of aromatic amines is 1. The molecule has 2 heterocycles. The molecule has 2 aromatic carbocycles. The van der Waals surface area contributed by atoms with Gasteiger partial charge in [-0.2, -0.15) is 0 Å². The van der Waals surface area contributed by atoms with Gasteiger partial charge in [0.15, 0.2) is 0 Å². The second kappa shape index (κ2) is 9.65. The molecule has 1 amide bonds. The second-order valence-electron chi connectivity index (χ2n) is 7.05. The number of hydrogen-bond donors (Lipinski definition) is 2. The molecule has 0 saturated heterocycles. The number of rotatable bonds is 7. The normalized spacial score (nSPS) is 11.7. The maximum atomic E-state index is 12.8. The fraction of sp³-hybridized carbons (Fsp3) is 0.125. The summed E-state index contributed by atoms with van der Waals surface area (Å²) in [6.45, 7) is 0. The molecule has 4 aromatic rings. The molecule has 2 N–H and O–H groups in total. The van der Waals surface area contributed by atoms with Gasteiger partial charge in [-0.25, -0.2) is 9.78 Å². The van der Waals surface area contributed by atoms with Crippen LogP contribution in [-0.4, -0.2) is 35.0 Å². The van der Waals surface area contributed by atoms with E-state index < -0.39 is 17.9 Å². The van der Waals surface area contributed by atoms with Crippen LogP contribution in [-0.2, 0) is 16.0 Å². The molecule has 32 heavy (non-hydrogen) atoms. The van der Waals surface area contributed by atoms with E-state index in [2.05, 4.69) is 31.2 Å². The standard InChI is InChI=1S/C24H20BrN3O4/c1-31-24(30)21(12-16-14-26-20-5-3-2-4-19(16)20)28-23(29)15-6-11-22(27-13-15)32-18-9-7-17(25)8-10-18/h2-11,13-14,21,26H,12H2,1H3,(H,28,29)/t21-/m1/s1. The van der Waals surface area contributed by atoms with Crippen LogP contribution in [0.15, 0.2) is 77.5 Å². The lowest BCUT2D eigenvalue weighted by atomic mass is 10.0. The molecule has 0 aliphatic rings. The topological polar surface area (TPSA) is 93.3 Å². The van der Waals surface area contributed by atoms with Crippen LogP contribution in [0.25, 0.3) is 10.9 Å². The summed E-state index contributed by atoms with van der Waals surface area (Å²) in [4.78, 5) is 32.5.